The summed E-state index contributed by atoms with van der Waals surface area (Å²) in [6.07, 6.45) is 3.69. The van der Waals surface area contributed by atoms with Crippen molar-refractivity contribution in [3.63, 3.8) is 0 Å². The van der Waals surface area contributed by atoms with E-state index in [1.54, 1.807) is 6.19 Å². The van der Waals surface area contributed by atoms with Crippen LogP contribution in [0.25, 0.3) is 0 Å². The predicted molar refractivity (Wildman–Crippen MR) is 41.4 cm³/mol. The quantitative estimate of drug-likeness (QED) is 0.318. The highest BCUT2D eigenvalue weighted by atomic mass is 32.2. The molecule has 0 fully saturated rings. The van der Waals surface area contributed by atoms with E-state index < -0.39 is 0 Å². The van der Waals surface area contributed by atoms with Crippen LogP contribution in [0.3, 0.4) is 0 Å². The summed E-state index contributed by atoms with van der Waals surface area (Å²) in [7, 11) is 0. The van der Waals surface area contributed by atoms with Gasteiger partial charge in [0.15, 0.2) is 0 Å². The van der Waals surface area contributed by atoms with Crippen LogP contribution in [0.2, 0.25) is 0 Å². The van der Waals surface area contributed by atoms with Gasteiger partial charge in [-0.2, -0.15) is 10.3 Å². The third-order valence-corrected chi connectivity index (χ3v) is 1.84. The molecule has 0 saturated carbocycles. The molecule has 9 heavy (non-hydrogen) atoms. The zero-order chi connectivity index (χ0) is 7.28. The van der Waals surface area contributed by atoms with E-state index in [1.807, 2.05) is 20.1 Å². The smallest absolute Gasteiger partial charge is 0.171 e. The van der Waals surface area contributed by atoms with Gasteiger partial charge >= 0.3 is 0 Å². The highest BCUT2D eigenvalue weighted by Gasteiger charge is 2.00. The second kappa shape index (κ2) is 4.39. The lowest BCUT2D eigenvalue weighted by atomic mass is 10.2. The fourth-order valence-electron chi connectivity index (χ4n) is 0.460. The molecule has 0 rings (SSSR count). The van der Waals surface area contributed by atoms with Gasteiger partial charge in [0, 0.05) is 5.92 Å². The van der Waals surface area contributed by atoms with Crippen LogP contribution in [-0.4, -0.2) is 11.3 Å². The first-order chi connectivity index (χ1) is 4.22. The number of thioether (sulfide) groups is 1. The number of hydrogen-bond acceptors (Lipinski definition) is 3. The maximum atomic E-state index is 8.17. The normalized spacial score (nSPS) is 11.7. The lowest BCUT2D eigenvalue weighted by molar-refractivity contribution is 0.901. The zero-order valence-corrected chi connectivity index (χ0v) is 6.70. The van der Waals surface area contributed by atoms with Gasteiger partial charge in [0.05, 0.1) is 5.04 Å². The van der Waals surface area contributed by atoms with Crippen LogP contribution >= 0.6 is 11.8 Å². The Hall–Kier alpha value is -0.490. The van der Waals surface area contributed by atoms with Gasteiger partial charge in [0.2, 0.25) is 6.19 Å². The molecule has 0 amide bonds. The van der Waals surface area contributed by atoms with Crippen molar-refractivity contribution >= 4 is 16.8 Å². The Labute approximate surface area is 60.0 Å². The highest BCUT2D eigenvalue weighted by molar-refractivity contribution is 8.13. The number of nitriles is 1. The number of nitrogens with zero attached hydrogens (tertiary/aromatic N) is 2. The van der Waals surface area contributed by atoms with Crippen LogP contribution in [0, 0.1) is 17.4 Å². The van der Waals surface area contributed by atoms with E-state index in [2.05, 4.69) is 4.99 Å². The van der Waals surface area contributed by atoms with Gasteiger partial charge in [-0.3, -0.25) is 0 Å². The van der Waals surface area contributed by atoms with Crippen molar-refractivity contribution in [2.45, 2.75) is 13.8 Å². The third kappa shape index (κ3) is 3.15. The van der Waals surface area contributed by atoms with Crippen LogP contribution in [0.15, 0.2) is 4.99 Å². The van der Waals surface area contributed by atoms with Gasteiger partial charge in [-0.25, -0.2) is 0 Å². The van der Waals surface area contributed by atoms with Crippen molar-refractivity contribution in [3.8, 4) is 6.19 Å². The van der Waals surface area contributed by atoms with Crippen LogP contribution in [0.4, 0.5) is 0 Å². The topological polar surface area (TPSA) is 36.1 Å². The maximum absolute atomic E-state index is 8.17. The fourth-order valence-corrected chi connectivity index (χ4v) is 1.06. The van der Waals surface area contributed by atoms with Gasteiger partial charge in [0.25, 0.3) is 0 Å². The molecule has 50 valence electrons. The summed E-state index contributed by atoms with van der Waals surface area (Å²) in [6, 6.07) is 0. The number of aliphatic imine (C=N–C) groups is 1. The summed E-state index contributed by atoms with van der Waals surface area (Å²) in [5, 5.41) is 9.07. The average Bonchev–Trinajstić information content (AvgIpc) is 1.82. The minimum atomic E-state index is 0.375. The molecule has 0 heterocycles. The summed E-state index contributed by atoms with van der Waals surface area (Å²) in [6.45, 7) is 4.04. The molecule has 0 aliphatic carbocycles. The minimum absolute atomic E-state index is 0.375. The van der Waals surface area contributed by atoms with Crippen molar-refractivity contribution in [1.29, 1.82) is 5.26 Å². The highest BCUT2D eigenvalue weighted by Crippen LogP contribution is 2.08. The van der Waals surface area contributed by atoms with E-state index in [9.17, 15) is 0 Å². The molecule has 0 aromatic heterocycles. The molecule has 0 aromatic carbocycles. The SMILES string of the molecule is CSC(=NC#N)C(C)C. The molecule has 3 heteroatoms. The third-order valence-electron chi connectivity index (χ3n) is 0.863. The molecule has 0 spiro atoms. The van der Waals surface area contributed by atoms with E-state index >= 15 is 0 Å². The van der Waals surface area contributed by atoms with Crippen molar-refractivity contribution < 1.29 is 0 Å². The second-order valence-corrected chi connectivity index (χ2v) is 2.74. The predicted octanol–water partition coefficient (Wildman–Crippen LogP) is 1.88. The Morgan fingerprint density at radius 1 is 1.67 bits per heavy atom. The Bertz CT molecular complexity index is 144. The standard InChI is InChI=1S/C6H10N2S/c1-5(2)6(9-3)8-4-7/h5H,1-3H3. The molecule has 0 aliphatic rings. The van der Waals surface area contributed by atoms with E-state index in [0.717, 1.165) is 5.04 Å². The van der Waals surface area contributed by atoms with E-state index in [0.29, 0.717) is 5.92 Å². The van der Waals surface area contributed by atoms with Crippen molar-refractivity contribution in [2.75, 3.05) is 6.26 Å². The molecular formula is C6H10N2S. The lowest BCUT2D eigenvalue weighted by Gasteiger charge is -2.01. The second-order valence-electron chi connectivity index (χ2n) is 1.91. The summed E-state index contributed by atoms with van der Waals surface area (Å²) >= 11 is 1.53. The molecular weight excluding hydrogens is 132 g/mol. The average molecular weight is 142 g/mol. The molecule has 0 saturated heterocycles. The Morgan fingerprint density at radius 2 is 2.22 bits per heavy atom. The minimum Gasteiger partial charge on any atom is -0.171 e. The lowest BCUT2D eigenvalue weighted by Crippen LogP contribution is -2.00. The molecule has 0 N–H and O–H groups in total. The van der Waals surface area contributed by atoms with Crippen molar-refractivity contribution in [1.82, 2.24) is 0 Å². The maximum Gasteiger partial charge on any atom is 0.206 e. The first-order valence-electron chi connectivity index (χ1n) is 2.73. The monoisotopic (exact) mass is 142 g/mol. The van der Waals surface area contributed by atoms with Gasteiger partial charge in [0.1, 0.15) is 0 Å². The zero-order valence-electron chi connectivity index (χ0n) is 5.88. The van der Waals surface area contributed by atoms with E-state index in [4.69, 9.17) is 5.26 Å². The van der Waals surface area contributed by atoms with Crippen LogP contribution in [0.1, 0.15) is 13.8 Å². The number of rotatable bonds is 1. The molecule has 0 radical (unpaired) electrons. The largest absolute Gasteiger partial charge is 0.206 e. The summed E-state index contributed by atoms with van der Waals surface area (Å²) in [5.74, 6) is 0.375. The molecule has 2 nitrogen and oxygen atoms in total. The summed E-state index contributed by atoms with van der Waals surface area (Å²) in [4.78, 5) is 3.63. The van der Waals surface area contributed by atoms with Gasteiger partial charge in [-0.05, 0) is 6.26 Å². The van der Waals surface area contributed by atoms with Crippen LogP contribution < -0.4 is 0 Å². The van der Waals surface area contributed by atoms with E-state index in [-0.39, 0.29) is 0 Å². The van der Waals surface area contributed by atoms with Crippen molar-refractivity contribution in [2.24, 2.45) is 10.9 Å². The number of hydrogen-bond donors (Lipinski definition) is 0. The van der Waals surface area contributed by atoms with Gasteiger partial charge < -0.3 is 0 Å². The summed E-state index contributed by atoms with van der Waals surface area (Å²) in [5.41, 5.74) is 0. The molecule has 0 aromatic rings. The molecule has 0 atom stereocenters. The first kappa shape index (κ1) is 8.51. The Morgan fingerprint density at radius 3 is 2.33 bits per heavy atom. The van der Waals surface area contributed by atoms with Gasteiger partial charge in [-0.1, -0.05) is 13.8 Å². The van der Waals surface area contributed by atoms with Gasteiger partial charge in [-0.15, -0.1) is 11.8 Å². The molecule has 0 aliphatic heterocycles. The molecule has 0 bridgehead atoms. The molecule has 0 unspecified atom stereocenters. The first-order valence-corrected chi connectivity index (χ1v) is 3.95. The Balaban J connectivity index is 4.02. The van der Waals surface area contributed by atoms with Crippen LogP contribution in [-0.2, 0) is 0 Å². The Kier molecular flexibility index (Phi) is 4.16. The summed E-state index contributed by atoms with van der Waals surface area (Å²) < 4.78 is 0. The van der Waals surface area contributed by atoms with Crippen molar-refractivity contribution in [3.05, 3.63) is 0 Å². The fraction of sp³-hybridized carbons (Fsp3) is 0.667. The van der Waals surface area contributed by atoms with Crippen LogP contribution in [0.5, 0.6) is 0 Å². The van der Waals surface area contributed by atoms with E-state index in [1.165, 1.54) is 11.8 Å².